The van der Waals surface area contributed by atoms with Crippen molar-refractivity contribution >= 4 is 17.6 Å². The highest BCUT2D eigenvalue weighted by molar-refractivity contribution is 5.80. The maximum Gasteiger partial charge on any atom is 0.130 e. The van der Waals surface area contributed by atoms with Crippen LogP contribution in [-0.2, 0) is 0 Å². The van der Waals surface area contributed by atoms with E-state index in [9.17, 15) is 0 Å². The molecule has 0 aliphatic rings. The number of unbranched alkanes of at least 4 members (excludes halogenated alkanes) is 1. The highest BCUT2D eigenvalue weighted by Gasteiger charge is 2.08. The molecule has 1 unspecified atom stereocenters. The minimum Gasteiger partial charge on any atom is -0.387 e. The van der Waals surface area contributed by atoms with Gasteiger partial charge < -0.3 is 10.3 Å². The lowest BCUT2D eigenvalue weighted by atomic mass is 9.94. The van der Waals surface area contributed by atoms with Gasteiger partial charge in [0, 0.05) is 18.4 Å². The zero-order chi connectivity index (χ0) is 17.9. The molecule has 0 radical (unpaired) electrons. The van der Waals surface area contributed by atoms with Crippen LogP contribution in [0.15, 0.2) is 47.1 Å². The van der Waals surface area contributed by atoms with Gasteiger partial charge in [-0.1, -0.05) is 58.4 Å². The molecule has 0 saturated heterocycles. The van der Waals surface area contributed by atoms with Gasteiger partial charge in [-0.2, -0.15) is 0 Å². The van der Waals surface area contributed by atoms with Gasteiger partial charge in [0.25, 0.3) is 0 Å². The van der Waals surface area contributed by atoms with Crippen LogP contribution in [0.3, 0.4) is 0 Å². The van der Waals surface area contributed by atoms with Gasteiger partial charge in [0.1, 0.15) is 5.82 Å². The Morgan fingerprint density at radius 3 is 2.62 bits per heavy atom. The quantitative estimate of drug-likeness (QED) is 0.432. The van der Waals surface area contributed by atoms with Gasteiger partial charge >= 0.3 is 0 Å². The zero-order valence-electron chi connectivity index (χ0n) is 16.1. The summed E-state index contributed by atoms with van der Waals surface area (Å²) in [4.78, 5) is 7.91. The van der Waals surface area contributed by atoms with E-state index < -0.39 is 0 Å². The Morgan fingerprint density at radius 1 is 1.29 bits per heavy atom. The molecule has 0 aliphatic carbocycles. The summed E-state index contributed by atoms with van der Waals surface area (Å²) in [6.07, 6.45) is 12.9. The number of nitrogens with one attached hydrogen (secondary N) is 2. The lowest BCUT2D eigenvalue weighted by molar-refractivity contribution is 0.505. The number of hydrogen-bond acceptors (Lipinski definition) is 2. The summed E-state index contributed by atoms with van der Waals surface area (Å²) < 4.78 is 0. The average Bonchev–Trinajstić information content (AvgIpc) is 3.03. The number of nitrogens with zero attached hydrogens (tertiary/aromatic N) is 1. The van der Waals surface area contributed by atoms with Gasteiger partial charge in [0.2, 0.25) is 0 Å². The summed E-state index contributed by atoms with van der Waals surface area (Å²) in [6, 6.07) is 4.13. The molecular weight excluding hydrogens is 294 g/mol. The van der Waals surface area contributed by atoms with E-state index in [1.54, 1.807) is 0 Å². The Bertz CT molecular complexity index is 600. The van der Waals surface area contributed by atoms with Gasteiger partial charge in [-0.3, -0.25) is 0 Å². The van der Waals surface area contributed by atoms with Crippen LogP contribution in [0, 0.1) is 11.8 Å². The summed E-state index contributed by atoms with van der Waals surface area (Å²) in [6.45, 7) is 11.0. The van der Waals surface area contributed by atoms with Gasteiger partial charge in [-0.05, 0) is 42.9 Å². The SMILES string of the molecule is C/C=C(\C=N/c1ccc(C(/C=C\CCC)=C/C(C)C(C)C)[nH]1)NC. The van der Waals surface area contributed by atoms with Crippen molar-refractivity contribution in [3.05, 3.63) is 47.8 Å². The van der Waals surface area contributed by atoms with Gasteiger partial charge in [0.05, 0.1) is 6.21 Å². The van der Waals surface area contributed by atoms with Crippen LogP contribution in [0.25, 0.3) is 5.57 Å². The van der Waals surface area contributed by atoms with Crippen LogP contribution in [0.4, 0.5) is 5.82 Å². The summed E-state index contributed by atoms with van der Waals surface area (Å²) in [5.74, 6) is 2.02. The number of rotatable bonds is 9. The second kappa shape index (κ2) is 10.7. The first kappa shape index (κ1) is 20.0. The highest BCUT2D eigenvalue weighted by Crippen LogP contribution is 2.24. The van der Waals surface area contributed by atoms with Crippen molar-refractivity contribution in [2.45, 2.75) is 47.5 Å². The monoisotopic (exact) mass is 327 g/mol. The van der Waals surface area contributed by atoms with Crippen molar-refractivity contribution < 1.29 is 0 Å². The second-order valence-electron chi connectivity index (χ2n) is 6.43. The van der Waals surface area contributed by atoms with Gasteiger partial charge in [0.15, 0.2) is 0 Å². The molecule has 3 nitrogen and oxygen atoms in total. The van der Waals surface area contributed by atoms with E-state index in [-0.39, 0.29) is 0 Å². The lowest BCUT2D eigenvalue weighted by Crippen LogP contribution is -2.05. The van der Waals surface area contributed by atoms with Crippen LogP contribution >= 0.6 is 0 Å². The molecular formula is C21H33N3. The minimum absolute atomic E-state index is 0.528. The molecule has 2 N–H and O–H groups in total. The largest absolute Gasteiger partial charge is 0.387 e. The number of aromatic nitrogens is 1. The molecule has 24 heavy (non-hydrogen) atoms. The smallest absolute Gasteiger partial charge is 0.130 e. The van der Waals surface area contributed by atoms with Crippen molar-refractivity contribution in [1.29, 1.82) is 0 Å². The molecule has 0 fully saturated rings. The predicted molar refractivity (Wildman–Crippen MR) is 108 cm³/mol. The van der Waals surface area contributed by atoms with Crippen molar-refractivity contribution in [2.75, 3.05) is 7.05 Å². The zero-order valence-corrected chi connectivity index (χ0v) is 16.1. The fourth-order valence-electron chi connectivity index (χ4n) is 2.14. The van der Waals surface area contributed by atoms with Crippen LogP contribution < -0.4 is 5.32 Å². The van der Waals surface area contributed by atoms with E-state index in [2.05, 4.69) is 67.3 Å². The van der Waals surface area contributed by atoms with Crippen molar-refractivity contribution in [1.82, 2.24) is 10.3 Å². The third-order valence-electron chi connectivity index (χ3n) is 4.17. The summed E-state index contributed by atoms with van der Waals surface area (Å²) >= 11 is 0. The molecule has 1 atom stereocenters. The fraction of sp³-hybridized carbons (Fsp3) is 0.476. The van der Waals surface area contributed by atoms with Crippen LogP contribution in [0.2, 0.25) is 0 Å². The number of hydrogen-bond donors (Lipinski definition) is 2. The lowest BCUT2D eigenvalue weighted by Gasteiger charge is -2.12. The van der Waals surface area contributed by atoms with Crippen molar-refractivity contribution in [3.8, 4) is 0 Å². The summed E-state index contributed by atoms with van der Waals surface area (Å²) in [5, 5.41) is 3.10. The predicted octanol–water partition coefficient (Wildman–Crippen LogP) is 5.87. The molecule has 0 aromatic carbocycles. The summed E-state index contributed by atoms with van der Waals surface area (Å²) in [5.41, 5.74) is 3.36. The molecule has 0 spiro atoms. The van der Waals surface area contributed by atoms with Gasteiger partial charge in [-0.25, -0.2) is 4.99 Å². The first-order valence-corrected chi connectivity index (χ1v) is 8.97. The molecule has 1 heterocycles. The van der Waals surface area contributed by atoms with Crippen LogP contribution in [0.1, 0.15) is 53.2 Å². The molecule has 1 aromatic rings. The van der Waals surface area contributed by atoms with E-state index in [4.69, 9.17) is 0 Å². The Kier molecular flexibility index (Phi) is 8.92. The molecule has 0 bridgehead atoms. The summed E-state index contributed by atoms with van der Waals surface area (Å²) in [7, 11) is 1.90. The number of aliphatic imine (C=N–C) groups is 1. The average molecular weight is 328 g/mol. The normalized spacial score (nSPS) is 15.0. The fourth-order valence-corrected chi connectivity index (χ4v) is 2.14. The molecule has 0 saturated carbocycles. The molecule has 3 heteroatoms. The van der Waals surface area contributed by atoms with E-state index in [1.807, 2.05) is 32.3 Å². The third-order valence-corrected chi connectivity index (χ3v) is 4.17. The Balaban J connectivity index is 3.03. The molecule has 1 aromatic heterocycles. The molecule has 1 rings (SSSR count). The topological polar surface area (TPSA) is 40.2 Å². The highest BCUT2D eigenvalue weighted by atomic mass is 14.9. The van der Waals surface area contributed by atoms with E-state index >= 15 is 0 Å². The third kappa shape index (κ3) is 6.61. The van der Waals surface area contributed by atoms with E-state index in [1.165, 1.54) is 12.0 Å². The maximum absolute atomic E-state index is 4.50. The molecule has 0 amide bonds. The van der Waals surface area contributed by atoms with Crippen LogP contribution in [-0.4, -0.2) is 18.2 Å². The van der Waals surface area contributed by atoms with Gasteiger partial charge in [-0.15, -0.1) is 0 Å². The first-order chi connectivity index (χ1) is 11.5. The second-order valence-corrected chi connectivity index (χ2v) is 6.43. The number of H-pyrrole nitrogens is 1. The standard InChI is InChI=1S/C21H33N3/c1-7-9-10-11-18(14-17(5)16(3)4)20-12-13-21(24-20)23-15-19(8-2)22-6/h8,10-17,22,24H,7,9H2,1-6H3/b11-10-,18-14+,19-8+,23-15-. The van der Waals surface area contributed by atoms with E-state index in [0.29, 0.717) is 11.8 Å². The van der Waals surface area contributed by atoms with Crippen LogP contribution in [0.5, 0.6) is 0 Å². The molecule has 0 aliphatic heterocycles. The molecule has 132 valence electrons. The Hall–Kier alpha value is -2.03. The van der Waals surface area contributed by atoms with E-state index in [0.717, 1.165) is 23.6 Å². The van der Waals surface area contributed by atoms with Crippen molar-refractivity contribution in [3.63, 3.8) is 0 Å². The minimum atomic E-state index is 0.528. The Labute approximate surface area is 147 Å². The number of aromatic amines is 1. The number of allylic oxidation sites excluding steroid dienone is 6. The first-order valence-electron chi connectivity index (χ1n) is 8.97. The maximum atomic E-state index is 4.50. The van der Waals surface area contributed by atoms with Crippen molar-refractivity contribution in [2.24, 2.45) is 16.8 Å². The Morgan fingerprint density at radius 2 is 2.04 bits per heavy atom.